The van der Waals surface area contributed by atoms with Gasteiger partial charge in [0, 0.05) is 75.6 Å². The van der Waals surface area contributed by atoms with Crippen molar-refractivity contribution >= 4 is 64.0 Å². The van der Waals surface area contributed by atoms with Crippen LogP contribution in [0.5, 0.6) is 11.5 Å². The van der Waals surface area contributed by atoms with Crippen molar-refractivity contribution in [3.8, 4) is 28.0 Å². The molecule has 23 heteroatoms. The Hall–Kier alpha value is -7.04. The predicted octanol–water partition coefficient (Wildman–Crippen LogP) is 11.4. The Bertz CT molecular complexity index is 3200. The summed E-state index contributed by atoms with van der Waals surface area (Å²) in [5.41, 5.74) is 4.94. The zero-order chi connectivity index (χ0) is 64.6. The molecule has 1 aromatic heterocycles. The van der Waals surface area contributed by atoms with Gasteiger partial charge >= 0.3 is 6.18 Å². The quantitative estimate of drug-likeness (QED) is 0.0289. The van der Waals surface area contributed by atoms with Gasteiger partial charge in [0.05, 0.1) is 78.4 Å². The molecule has 0 aliphatic carbocycles. The minimum absolute atomic E-state index is 0.0155. The number of anilines is 2. The van der Waals surface area contributed by atoms with E-state index < -0.39 is 40.8 Å². The molecule has 0 saturated carbocycles. The summed E-state index contributed by atoms with van der Waals surface area (Å²) in [5, 5.41) is 12.3. The van der Waals surface area contributed by atoms with Crippen molar-refractivity contribution in [3.05, 3.63) is 124 Å². The molecule has 1 fully saturated rings. The first-order chi connectivity index (χ1) is 43.3. The van der Waals surface area contributed by atoms with Crippen molar-refractivity contribution in [2.24, 2.45) is 5.92 Å². The van der Waals surface area contributed by atoms with Crippen molar-refractivity contribution < 1.29 is 65.5 Å². The summed E-state index contributed by atoms with van der Waals surface area (Å²) in [4.78, 5) is 66.7. The second kappa shape index (κ2) is 35.0. The van der Waals surface area contributed by atoms with E-state index in [0.29, 0.717) is 128 Å². The van der Waals surface area contributed by atoms with E-state index in [9.17, 15) is 32.3 Å². The van der Waals surface area contributed by atoms with E-state index in [1.165, 1.54) is 18.6 Å². The van der Waals surface area contributed by atoms with Crippen LogP contribution in [0.1, 0.15) is 117 Å². The molecule has 18 nitrogen and oxygen atoms in total. The lowest BCUT2D eigenvalue weighted by molar-refractivity contribution is -0.143. The summed E-state index contributed by atoms with van der Waals surface area (Å²) < 4.78 is 81.9. The molecule has 2 atom stereocenters. The molecule has 4 aromatic carbocycles. The standard InChI is InChI=1S/C67H84F3N7O11S2/c1-47(2)60(76-44-52-16-9-10-17-56(52)63(76)79)64(80)75-27-15-18-58(75)62(78)72-43-51-20-19-49(61-48(3)73-45-90-61)40-59(51)88-39-37-86-35-33-84-31-14-8-12-29-82-28-11-7-13-30-83-32-34-85-36-38-87-55-25-23-53(24-26-55)77(46-89)66(4,5)65(81)74(6)54-22-21-50(42-71)57(41-54)67(68,69)70/h9-10,16-17,19-26,40-41,45-47,58,60H,7-8,11-15,18,27-39,43-44H2,1-6H3,(H,72,78)/t58-,60?/m0/s1. The van der Waals surface area contributed by atoms with Crippen LogP contribution in [0.4, 0.5) is 24.5 Å². The van der Waals surface area contributed by atoms with Crippen LogP contribution < -0.4 is 24.6 Å². The summed E-state index contributed by atoms with van der Waals surface area (Å²) in [7, 11) is 1.37. The van der Waals surface area contributed by atoms with Crippen LogP contribution in [-0.4, -0.2) is 154 Å². The second-order valence-electron chi connectivity index (χ2n) is 22.9. The van der Waals surface area contributed by atoms with E-state index in [1.54, 1.807) is 76.3 Å². The van der Waals surface area contributed by atoms with Gasteiger partial charge in [-0.1, -0.05) is 56.4 Å². The number of halogens is 3. The van der Waals surface area contributed by atoms with E-state index in [2.05, 4.69) is 10.3 Å². The van der Waals surface area contributed by atoms with Crippen LogP contribution in [0, 0.1) is 24.2 Å². The molecular formula is C67H84F3N7O11S2. The van der Waals surface area contributed by atoms with E-state index >= 15 is 0 Å². The van der Waals surface area contributed by atoms with Crippen LogP contribution in [-0.2, 0) is 57.3 Å². The number of aryl methyl sites for hydroxylation is 1. The van der Waals surface area contributed by atoms with Gasteiger partial charge in [0.2, 0.25) is 11.8 Å². The summed E-state index contributed by atoms with van der Waals surface area (Å²) >= 11 is 6.82. The number of nitrogens with one attached hydrogen (secondary N) is 1. The van der Waals surface area contributed by atoms with Crippen molar-refractivity contribution in [3.63, 3.8) is 0 Å². The van der Waals surface area contributed by atoms with E-state index in [-0.39, 0.29) is 35.9 Å². The first-order valence-electron chi connectivity index (χ1n) is 30.7. The lowest BCUT2D eigenvalue weighted by Gasteiger charge is -2.38. The Balaban J connectivity index is 0.677. The van der Waals surface area contributed by atoms with Gasteiger partial charge in [-0.15, -0.1) is 11.3 Å². The number of aromatic nitrogens is 1. The molecule has 486 valence electrons. The number of carbonyl (C=O) groups excluding carboxylic acids is 4. The predicted molar refractivity (Wildman–Crippen MR) is 343 cm³/mol. The molecule has 2 aliphatic rings. The van der Waals surface area contributed by atoms with E-state index in [1.807, 2.05) is 62.7 Å². The number of amides is 4. The maximum atomic E-state index is 14.2. The van der Waals surface area contributed by atoms with Gasteiger partial charge in [0.15, 0.2) is 0 Å². The molecule has 3 heterocycles. The number of rotatable bonds is 38. The van der Waals surface area contributed by atoms with Gasteiger partial charge in [-0.05, 0) is 144 Å². The number of thiocarbonyl (C=S) groups is 1. The van der Waals surface area contributed by atoms with Crippen molar-refractivity contribution in [1.82, 2.24) is 20.1 Å². The number of nitriles is 1. The highest BCUT2D eigenvalue weighted by molar-refractivity contribution is 7.79. The number of nitrogens with zero attached hydrogens (tertiary/aromatic N) is 6. The summed E-state index contributed by atoms with van der Waals surface area (Å²) in [6, 6.07) is 23.7. The van der Waals surface area contributed by atoms with Gasteiger partial charge in [-0.2, -0.15) is 18.4 Å². The molecular weight excluding hydrogens is 1200 g/mol. The molecule has 2 aliphatic heterocycles. The Kier molecular flexibility index (Phi) is 27.4. The Morgan fingerprint density at radius 1 is 0.800 bits per heavy atom. The van der Waals surface area contributed by atoms with Crippen LogP contribution in [0.2, 0.25) is 0 Å². The summed E-state index contributed by atoms with van der Waals surface area (Å²) in [5.74, 6) is -0.0599. The molecule has 5 aromatic rings. The van der Waals surface area contributed by atoms with Crippen molar-refractivity contribution in [2.75, 3.05) is 103 Å². The minimum Gasteiger partial charge on any atom is -0.491 e. The highest BCUT2D eigenvalue weighted by atomic mass is 32.1. The fraction of sp³-hybridized carbons (Fsp3) is 0.507. The highest BCUT2D eigenvalue weighted by Crippen LogP contribution is 2.37. The number of benzene rings is 4. The Labute approximate surface area is 535 Å². The Morgan fingerprint density at radius 2 is 1.40 bits per heavy atom. The van der Waals surface area contributed by atoms with Gasteiger partial charge in [0.25, 0.3) is 11.8 Å². The molecule has 1 saturated heterocycles. The lowest BCUT2D eigenvalue weighted by Crippen LogP contribution is -2.55. The van der Waals surface area contributed by atoms with Gasteiger partial charge < -0.3 is 58.1 Å². The first kappa shape index (κ1) is 70.4. The normalized spacial score (nSPS) is 14.4. The number of hydrogen-bond acceptors (Lipinski definition) is 15. The minimum atomic E-state index is -4.77. The number of unbranched alkanes of at least 4 members (excludes halogenated alkanes) is 4. The number of thiazole rings is 1. The van der Waals surface area contributed by atoms with E-state index in [0.717, 1.165) is 82.8 Å². The maximum absolute atomic E-state index is 14.2. The zero-order valence-corrected chi connectivity index (χ0v) is 54.0. The second-order valence-corrected chi connectivity index (χ2v) is 24.0. The third kappa shape index (κ3) is 19.5. The smallest absolute Gasteiger partial charge is 0.417 e. The average molecular weight is 1280 g/mol. The number of ether oxygens (including phenoxy) is 7. The third-order valence-electron chi connectivity index (χ3n) is 15.8. The average Bonchev–Trinajstić information content (AvgIpc) is 1.42. The Morgan fingerprint density at radius 3 is 1.99 bits per heavy atom. The highest BCUT2D eigenvalue weighted by Gasteiger charge is 2.44. The molecule has 0 radical (unpaired) electrons. The SMILES string of the molecule is Cc1ncsc1-c1ccc(CNC(=O)[C@@H]2CCCN2C(=O)C(C(C)C)N2Cc3ccccc3C2=O)c(OCCOCCOCCCCCOCCCCCOCCOCCOc2ccc(N(C=S)C(C)(C)C(=O)N(C)c3ccc(C#N)c(C(F)(F)F)c3)cc2)c1. The van der Waals surface area contributed by atoms with Crippen LogP contribution in [0.15, 0.2) is 90.4 Å². The van der Waals surface area contributed by atoms with Crippen LogP contribution in [0.3, 0.4) is 0 Å². The molecule has 0 bridgehead atoms. The van der Waals surface area contributed by atoms with Gasteiger partial charge in [-0.25, -0.2) is 4.98 Å². The molecule has 4 amide bonds. The fourth-order valence-corrected chi connectivity index (χ4v) is 12.1. The summed E-state index contributed by atoms with van der Waals surface area (Å²) in [6.07, 6.45) is 2.25. The van der Waals surface area contributed by atoms with Gasteiger partial charge in [0.1, 0.15) is 42.3 Å². The first-order valence-corrected chi connectivity index (χ1v) is 32.1. The van der Waals surface area contributed by atoms with E-state index in [4.69, 9.17) is 50.6 Å². The van der Waals surface area contributed by atoms with Crippen LogP contribution >= 0.6 is 23.6 Å². The molecule has 0 spiro atoms. The monoisotopic (exact) mass is 1280 g/mol. The van der Waals surface area contributed by atoms with Crippen molar-refractivity contribution in [1.29, 1.82) is 5.26 Å². The largest absolute Gasteiger partial charge is 0.491 e. The number of hydrogen-bond donors (Lipinski definition) is 1. The zero-order valence-electron chi connectivity index (χ0n) is 52.4. The third-order valence-corrected chi connectivity index (χ3v) is 17.0. The topological polar surface area (TPSA) is 195 Å². The van der Waals surface area contributed by atoms with Gasteiger partial charge in [-0.3, -0.25) is 19.2 Å². The number of fused-ring (bicyclic) bond motifs is 1. The number of alkyl halides is 3. The molecule has 7 rings (SSSR count). The molecule has 1 N–H and O–H groups in total. The summed E-state index contributed by atoms with van der Waals surface area (Å²) in [6.45, 7) is 15.9. The number of carbonyl (C=O) groups is 4. The molecule has 1 unspecified atom stereocenters. The fourth-order valence-electron chi connectivity index (χ4n) is 10.9. The number of likely N-dealkylation sites (tertiary alicyclic amines) is 1. The molecule has 90 heavy (non-hydrogen) atoms. The van der Waals surface area contributed by atoms with Crippen molar-refractivity contribution in [2.45, 2.75) is 123 Å². The van der Waals surface area contributed by atoms with Crippen LogP contribution in [0.25, 0.3) is 10.4 Å². The maximum Gasteiger partial charge on any atom is 0.417 e. The lowest BCUT2D eigenvalue weighted by atomic mass is 9.99. The number of likely N-dealkylation sites (N-methyl/N-ethyl adjacent to an activating group) is 1.